The number of carbonyl (C=O) groups is 1. The van der Waals surface area contributed by atoms with Crippen LogP contribution in [0.1, 0.15) is 11.1 Å². The molecule has 0 aromatic heterocycles. The first-order valence-electron chi connectivity index (χ1n) is 5.07. The number of fused-ring (bicyclic) bond motifs is 1. The number of aliphatic carboxylic acids is 1. The van der Waals surface area contributed by atoms with Gasteiger partial charge in [0.15, 0.2) is 11.5 Å². The van der Waals surface area contributed by atoms with Crippen LogP contribution < -0.4 is 9.47 Å². The van der Waals surface area contributed by atoms with Crippen molar-refractivity contribution in [3.63, 3.8) is 0 Å². The molecule has 0 radical (unpaired) electrons. The molecular formula is C12H12O5. The van der Waals surface area contributed by atoms with Crippen molar-refractivity contribution in [3.8, 4) is 11.5 Å². The first-order chi connectivity index (χ1) is 8.11. The fraction of sp³-hybridized carbons (Fsp3) is 0.250. The smallest absolute Gasteiger partial charge is 0.328 e. The summed E-state index contributed by atoms with van der Waals surface area (Å²) in [6, 6.07) is 3.45. The van der Waals surface area contributed by atoms with Gasteiger partial charge in [0.2, 0.25) is 6.79 Å². The van der Waals surface area contributed by atoms with E-state index in [1.54, 1.807) is 12.1 Å². The van der Waals surface area contributed by atoms with E-state index in [-0.39, 0.29) is 13.4 Å². The highest BCUT2D eigenvalue weighted by Crippen LogP contribution is 2.36. The van der Waals surface area contributed by atoms with Crippen LogP contribution in [0.25, 0.3) is 5.57 Å². The third kappa shape index (κ3) is 2.24. The fourth-order valence-electron chi connectivity index (χ4n) is 1.75. The lowest BCUT2D eigenvalue weighted by molar-refractivity contribution is -0.131. The normalized spacial score (nSPS) is 13.9. The summed E-state index contributed by atoms with van der Waals surface area (Å²) in [5, 5.41) is 17.9. The van der Waals surface area contributed by atoms with E-state index >= 15 is 0 Å². The second-order valence-corrected chi connectivity index (χ2v) is 3.69. The molecule has 1 aromatic carbocycles. The van der Waals surface area contributed by atoms with Crippen molar-refractivity contribution < 1.29 is 24.5 Å². The van der Waals surface area contributed by atoms with Gasteiger partial charge in [-0.25, -0.2) is 4.79 Å². The van der Waals surface area contributed by atoms with Gasteiger partial charge in [0, 0.05) is 6.08 Å². The van der Waals surface area contributed by atoms with Gasteiger partial charge in [-0.2, -0.15) is 0 Å². The predicted octanol–water partition coefficient (Wildman–Crippen LogP) is 1.18. The fourth-order valence-corrected chi connectivity index (χ4v) is 1.75. The minimum absolute atomic E-state index is 0.162. The van der Waals surface area contributed by atoms with Crippen LogP contribution in [-0.4, -0.2) is 29.6 Å². The topological polar surface area (TPSA) is 76.0 Å². The molecule has 0 saturated heterocycles. The number of hydrogen-bond donors (Lipinski definition) is 2. The Balaban J connectivity index is 2.48. The van der Waals surface area contributed by atoms with Crippen LogP contribution in [0.15, 0.2) is 18.2 Å². The second-order valence-electron chi connectivity index (χ2n) is 3.69. The van der Waals surface area contributed by atoms with Crippen molar-refractivity contribution >= 4 is 11.5 Å². The van der Waals surface area contributed by atoms with Crippen molar-refractivity contribution in [2.24, 2.45) is 0 Å². The summed E-state index contributed by atoms with van der Waals surface area (Å²) in [5.41, 5.74) is 1.82. The molecule has 0 amide bonds. The minimum atomic E-state index is -1.09. The Morgan fingerprint density at radius 2 is 2.06 bits per heavy atom. The maximum absolute atomic E-state index is 10.6. The van der Waals surface area contributed by atoms with Crippen molar-refractivity contribution in [3.05, 3.63) is 29.3 Å². The van der Waals surface area contributed by atoms with Crippen LogP contribution >= 0.6 is 0 Å². The highest BCUT2D eigenvalue weighted by atomic mass is 16.7. The third-order valence-corrected chi connectivity index (χ3v) is 2.53. The first kappa shape index (κ1) is 11.5. The summed E-state index contributed by atoms with van der Waals surface area (Å²) in [7, 11) is 0. The lowest BCUT2D eigenvalue weighted by Gasteiger charge is -2.09. The number of aryl methyl sites for hydroxylation is 1. The van der Waals surface area contributed by atoms with Crippen LogP contribution in [0.3, 0.4) is 0 Å². The molecule has 2 N–H and O–H groups in total. The van der Waals surface area contributed by atoms with E-state index in [0.717, 1.165) is 11.6 Å². The van der Waals surface area contributed by atoms with E-state index in [4.69, 9.17) is 14.6 Å². The van der Waals surface area contributed by atoms with Gasteiger partial charge in [0.25, 0.3) is 0 Å². The van der Waals surface area contributed by atoms with E-state index in [1.807, 2.05) is 6.92 Å². The van der Waals surface area contributed by atoms with Gasteiger partial charge in [0.05, 0.1) is 6.61 Å². The van der Waals surface area contributed by atoms with Gasteiger partial charge in [-0.15, -0.1) is 0 Å². The Kier molecular flexibility index (Phi) is 3.01. The Morgan fingerprint density at radius 1 is 1.41 bits per heavy atom. The highest BCUT2D eigenvalue weighted by Gasteiger charge is 2.17. The average Bonchev–Trinajstić information content (AvgIpc) is 2.71. The molecule has 0 atom stereocenters. The lowest BCUT2D eigenvalue weighted by Crippen LogP contribution is -1.98. The van der Waals surface area contributed by atoms with Crippen molar-refractivity contribution in [1.29, 1.82) is 0 Å². The number of rotatable bonds is 3. The quantitative estimate of drug-likeness (QED) is 0.771. The van der Waals surface area contributed by atoms with Gasteiger partial charge in [0.1, 0.15) is 0 Å². The summed E-state index contributed by atoms with van der Waals surface area (Å²) in [5.74, 6) is 0.111. The number of ether oxygens (including phenoxy) is 2. The zero-order valence-electron chi connectivity index (χ0n) is 9.27. The van der Waals surface area contributed by atoms with Gasteiger partial charge < -0.3 is 19.7 Å². The van der Waals surface area contributed by atoms with Gasteiger partial charge >= 0.3 is 5.97 Å². The zero-order valence-corrected chi connectivity index (χ0v) is 9.27. The molecule has 0 aliphatic carbocycles. The summed E-state index contributed by atoms with van der Waals surface area (Å²) in [6.07, 6.45) is 0.991. The molecule has 0 saturated carbocycles. The molecule has 1 heterocycles. The van der Waals surface area contributed by atoms with E-state index in [1.165, 1.54) is 0 Å². The van der Waals surface area contributed by atoms with Crippen LogP contribution in [0.4, 0.5) is 0 Å². The number of hydrogen-bond acceptors (Lipinski definition) is 4. The molecular weight excluding hydrogens is 224 g/mol. The van der Waals surface area contributed by atoms with E-state index < -0.39 is 5.97 Å². The molecule has 0 spiro atoms. The summed E-state index contributed by atoms with van der Waals surface area (Å²) in [4.78, 5) is 10.6. The van der Waals surface area contributed by atoms with Gasteiger partial charge in [-0.05, 0) is 35.8 Å². The Labute approximate surface area is 97.9 Å². The average molecular weight is 236 g/mol. The summed E-state index contributed by atoms with van der Waals surface area (Å²) >= 11 is 0. The standard InChI is InChI=1S/C12H12O5/c1-7-2-10-11(17-6-16-10)4-9(7)8(5-13)3-12(14)15/h2-4,13H,5-6H2,1H3,(H,14,15)/b8-3+. The summed E-state index contributed by atoms with van der Waals surface area (Å²) in [6.45, 7) is 1.64. The SMILES string of the molecule is Cc1cc2c(cc1/C(=C/C(=O)O)CO)OCO2. The summed E-state index contributed by atoms with van der Waals surface area (Å²) < 4.78 is 10.4. The molecule has 1 aliphatic heterocycles. The predicted molar refractivity (Wildman–Crippen MR) is 60.0 cm³/mol. The Bertz CT molecular complexity index is 490. The molecule has 17 heavy (non-hydrogen) atoms. The Morgan fingerprint density at radius 3 is 2.65 bits per heavy atom. The van der Waals surface area contributed by atoms with E-state index in [9.17, 15) is 9.90 Å². The number of aliphatic hydroxyl groups excluding tert-OH is 1. The lowest BCUT2D eigenvalue weighted by atomic mass is 10.00. The molecule has 1 aromatic rings. The maximum Gasteiger partial charge on any atom is 0.328 e. The molecule has 1 aliphatic rings. The molecule has 5 heteroatoms. The molecule has 5 nitrogen and oxygen atoms in total. The number of carboxylic acids is 1. The number of aliphatic hydroxyl groups is 1. The second kappa shape index (κ2) is 4.47. The monoisotopic (exact) mass is 236 g/mol. The molecule has 0 unspecified atom stereocenters. The zero-order chi connectivity index (χ0) is 12.4. The van der Waals surface area contributed by atoms with Crippen LogP contribution in [-0.2, 0) is 4.79 Å². The van der Waals surface area contributed by atoms with E-state index in [0.29, 0.717) is 22.6 Å². The highest BCUT2D eigenvalue weighted by molar-refractivity contribution is 5.91. The van der Waals surface area contributed by atoms with Crippen molar-refractivity contribution in [2.45, 2.75) is 6.92 Å². The first-order valence-corrected chi connectivity index (χ1v) is 5.07. The number of benzene rings is 1. The minimum Gasteiger partial charge on any atom is -0.478 e. The molecule has 0 bridgehead atoms. The third-order valence-electron chi connectivity index (χ3n) is 2.53. The van der Waals surface area contributed by atoms with Crippen molar-refractivity contribution in [1.82, 2.24) is 0 Å². The molecule has 0 fully saturated rings. The van der Waals surface area contributed by atoms with Crippen LogP contribution in [0, 0.1) is 6.92 Å². The number of carboxylic acid groups (broad SMARTS) is 1. The van der Waals surface area contributed by atoms with E-state index in [2.05, 4.69) is 0 Å². The molecule has 90 valence electrons. The maximum atomic E-state index is 10.6. The van der Waals surface area contributed by atoms with Gasteiger partial charge in [-0.1, -0.05) is 0 Å². The van der Waals surface area contributed by atoms with Crippen LogP contribution in [0.5, 0.6) is 11.5 Å². The van der Waals surface area contributed by atoms with Crippen molar-refractivity contribution in [2.75, 3.05) is 13.4 Å². The molecule has 2 rings (SSSR count). The van der Waals surface area contributed by atoms with Gasteiger partial charge in [-0.3, -0.25) is 0 Å². The largest absolute Gasteiger partial charge is 0.478 e. The van der Waals surface area contributed by atoms with Crippen LogP contribution in [0.2, 0.25) is 0 Å². The Hall–Kier alpha value is -2.01.